The average molecular weight is 666 g/mol. The van der Waals surface area contributed by atoms with E-state index in [9.17, 15) is 24.8 Å². The number of methoxy groups -OCH3 is 1. The molecular weight excluding hydrogens is 630 g/mol. The molecule has 49 heavy (non-hydrogen) atoms. The Bertz CT molecular complexity index is 1990. The van der Waals surface area contributed by atoms with Crippen molar-refractivity contribution < 1.29 is 38.4 Å². The minimum absolute atomic E-state index is 0.0366. The molecule has 5 aliphatic heterocycles. The van der Waals surface area contributed by atoms with Gasteiger partial charge in [-0.05, 0) is 57.0 Å². The van der Waals surface area contributed by atoms with E-state index in [1.54, 1.807) is 31.2 Å². The fraction of sp³-hybridized carbons (Fsp3) is 0.389. The number of phenols is 1. The molecule has 13 nitrogen and oxygen atoms in total. The number of hydrogen-bond donors (Lipinski definition) is 2. The standard InChI is InChI=1S/C36H35N5O8/c1-16-10-18-11-22-24(13-37)41-23(28(39(22)4)26(18)29(42)30(16)46-5)12-21-27(33-32(47-15-48-33)17(2)31(21)49-36(45)38-3)25(41)14-40-34(43)19-8-6-7-9-20(19)35(40)44/h6-10,22-25,28,42H,11-12,14-15H2,1-5H3,(H,38,45)/t22-,23?,24?,25-,28-/m0/s1. The number of imide groups is 1. The maximum atomic E-state index is 13.8. The van der Waals surface area contributed by atoms with Gasteiger partial charge in [0.25, 0.3) is 11.8 Å². The lowest BCUT2D eigenvalue weighted by Gasteiger charge is -2.60. The van der Waals surface area contributed by atoms with Crippen molar-refractivity contribution in [2.75, 3.05) is 34.5 Å². The van der Waals surface area contributed by atoms with Gasteiger partial charge in [0, 0.05) is 47.9 Å². The summed E-state index contributed by atoms with van der Waals surface area (Å²) in [6, 6.07) is 8.61. The molecule has 2 unspecified atom stereocenters. The number of rotatable bonds is 4. The summed E-state index contributed by atoms with van der Waals surface area (Å²) in [7, 11) is 4.94. The van der Waals surface area contributed by atoms with E-state index >= 15 is 0 Å². The number of benzene rings is 3. The number of aryl methyl sites for hydroxylation is 1. The maximum Gasteiger partial charge on any atom is 0.412 e. The second-order valence-electron chi connectivity index (χ2n) is 13.2. The Kier molecular flexibility index (Phi) is 7.03. The molecule has 0 saturated carbocycles. The first-order valence-electron chi connectivity index (χ1n) is 16.2. The smallest absolute Gasteiger partial charge is 0.412 e. The molecule has 0 aliphatic carbocycles. The first-order chi connectivity index (χ1) is 23.6. The number of amides is 3. The predicted octanol–water partition coefficient (Wildman–Crippen LogP) is 3.53. The summed E-state index contributed by atoms with van der Waals surface area (Å²) in [4.78, 5) is 45.9. The summed E-state index contributed by atoms with van der Waals surface area (Å²) < 4.78 is 23.6. The van der Waals surface area contributed by atoms with Gasteiger partial charge in [-0.15, -0.1) is 0 Å². The molecule has 2 bridgehead atoms. The van der Waals surface area contributed by atoms with Crippen LogP contribution in [-0.2, 0) is 12.8 Å². The summed E-state index contributed by atoms with van der Waals surface area (Å²) >= 11 is 0. The largest absolute Gasteiger partial charge is 0.504 e. The van der Waals surface area contributed by atoms with Crippen molar-refractivity contribution in [2.24, 2.45) is 0 Å². The molecule has 252 valence electrons. The third kappa shape index (κ3) is 4.20. The summed E-state index contributed by atoms with van der Waals surface area (Å²) in [6.45, 7) is 3.48. The van der Waals surface area contributed by atoms with Gasteiger partial charge in [0.1, 0.15) is 11.8 Å². The summed E-state index contributed by atoms with van der Waals surface area (Å²) in [5.41, 5.74) is 4.83. The van der Waals surface area contributed by atoms with Crippen LogP contribution in [0.4, 0.5) is 4.79 Å². The van der Waals surface area contributed by atoms with E-state index in [1.165, 1.54) is 19.1 Å². The molecule has 0 aromatic heterocycles. The monoisotopic (exact) mass is 665 g/mol. The highest BCUT2D eigenvalue weighted by Crippen LogP contribution is 2.58. The van der Waals surface area contributed by atoms with E-state index in [0.717, 1.165) is 11.1 Å². The first-order valence-corrected chi connectivity index (χ1v) is 16.2. The molecule has 3 amide bonds. The van der Waals surface area contributed by atoms with Crippen LogP contribution in [0.15, 0.2) is 30.3 Å². The first kappa shape index (κ1) is 31.0. The molecule has 2 N–H and O–H groups in total. The van der Waals surface area contributed by atoms with E-state index in [1.807, 2.05) is 20.0 Å². The molecule has 5 atom stereocenters. The third-order valence-corrected chi connectivity index (χ3v) is 10.9. The lowest BCUT2D eigenvalue weighted by atomic mass is 9.71. The fourth-order valence-corrected chi connectivity index (χ4v) is 8.87. The molecule has 3 aromatic carbocycles. The minimum Gasteiger partial charge on any atom is -0.504 e. The van der Waals surface area contributed by atoms with Gasteiger partial charge in [-0.1, -0.05) is 18.2 Å². The van der Waals surface area contributed by atoms with E-state index < -0.39 is 42.1 Å². The van der Waals surface area contributed by atoms with Crippen molar-refractivity contribution in [3.8, 4) is 34.8 Å². The van der Waals surface area contributed by atoms with Gasteiger partial charge in [-0.3, -0.25) is 24.3 Å². The molecule has 8 rings (SSSR count). The number of carbonyl (C=O) groups is 3. The van der Waals surface area contributed by atoms with Crippen molar-refractivity contribution in [2.45, 2.75) is 56.9 Å². The number of hydrogen-bond acceptors (Lipinski definition) is 11. The number of piperazine rings is 1. The zero-order valence-corrected chi connectivity index (χ0v) is 27.7. The Hall–Kier alpha value is -5.32. The highest BCUT2D eigenvalue weighted by atomic mass is 16.7. The summed E-state index contributed by atoms with van der Waals surface area (Å²) in [5.74, 6) is 0.658. The molecule has 1 fully saturated rings. The number of likely N-dealkylation sites (N-methyl/N-ethyl adjacent to an activating group) is 1. The van der Waals surface area contributed by atoms with Crippen LogP contribution in [0.25, 0.3) is 0 Å². The Morgan fingerprint density at radius 2 is 1.76 bits per heavy atom. The Morgan fingerprint density at radius 3 is 2.41 bits per heavy atom. The van der Waals surface area contributed by atoms with E-state index in [-0.39, 0.29) is 37.3 Å². The lowest BCUT2D eigenvalue weighted by molar-refractivity contribution is -0.0757. The molecule has 13 heteroatoms. The molecule has 3 aromatic rings. The molecule has 1 saturated heterocycles. The van der Waals surface area contributed by atoms with Gasteiger partial charge in [0.15, 0.2) is 23.0 Å². The number of aromatic hydroxyl groups is 1. The summed E-state index contributed by atoms with van der Waals surface area (Å²) in [5, 5.41) is 25.2. The third-order valence-electron chi connectivity index (χ3n) is 10.9. The number of nitrogens with zero attached hydrogens (tertiary/aromatic N) is 4. The van der Waals surface area contributed by atoms with Gasteiger partial charge in [-0.25, -0.2) is 4.79 Å². The van der Waals surface area contributed by atoms with E-state index in [2.05, 4.69) is 21.2 Å². The topological polar surface area (TPSA) is 154 Å². The number of phenolic OH excluding ortho intramolecular Hbond substituents is 1. The highest BCUT2D eigenvalue weighted by Gasteiger charge is 2.57. The minimum atomic E-state index is -0.765. The Balaban J connectivity index is 1.38. The van der Waals surface area contributed by atoms with Gasteiger partial charge in [0.05, 0.1) is 36.4 Å². The van der Waals surface area contributed by atoms with E-state index in [4.69, 9.17) is 18.9 Å². The van der Waals surface area contributed by atoms with Gasteiger partial charge in [-0.2, -0.15) is 5.26 Å². The highest BCUT2D eigenvalue weighted by molar-refractivity contribution is 6.21. The zero-order chi connectivity index (χ0) is 34.5. The summed E-state index contributed by atoms with van der Waals surface area (Å²) in [6.07, 6.45) is 0.0816. The van der Waals surface area contributed by atoms with Crippen LogP contribution < -0.4 is 24.3 Å². The normalized spacial score (nSPS) is 24.8. The number of nitrogens with one attached hydrogen (secondary N) is 1. The molecule has 5 heterocycles. The van der Waals surface area contributed by atoms with Crippen LogP contribution >= 0.6 is 0 Å². The van der Waals surface area contributed by atoms with Crippen molar-refractivity contribution in [1.29, 1.82) is 5.26 Å². The quantitative estimate of drug-likeness (QED) is 0.394. The van der Waals surface area contributed by atoms with Crippen LogP contribution in [0.2, 0.25) is 0 Å². The molecule has 5 aliphatic rings. The van der Waals surface area contributed by atoms with Crippen molar-refractivity contribution in [3.63, 3.8) is 0 Å². The van der Waals surface area contributed by atoms with Gasteiger partial charge < -0.3 is 29.4 Å². The van der Waals surface area contributed by atoms with Crippen LogP contribution in [0.5, 0.6) is 28.7 Å². The van der Waals surface area contributed by atoms with Crippen molar-refractivity contribution in [1.82, 2.24) is 20.0 Å². The number of carbonyl (C=O) groups excluding carboxylic acids is 3. The molecule has 0 radical (unpaired) electrons. The van der Waals surface area contributed by atoms with Gasteiger partial charge in [0.2, 0.25) is 6.79 Å². The zero-order valence-electron chi connectivity index (χ0n) is 27.7. The van der Waals surface area contributed by atoms with E-state index in [0.29, 0.717) is 57.1 Å². The van der Waals surface area contributed by atoms with Crippen LogP contribution in [0.3, 0.4) is 0 Å². The number of ether oxygens (including phenoxy) is 4. The molecule has 0 spiro atoms. The van der Waals surface area contributed by atoms with Crippen molar-refractivity contribution >= 4 is 17.9 Å². The predicted molar refractivity (Wildman–Crippen MR) is 173 cm³/mol. The maximum absolute atomic E-state index is 13.8. The van der Waals surface area contributed by atoms with Crippen LogP contribution in [0.1, 0.15) is 66.2 Å². The lowest BCUT2D eigenvalue weighted by Crippen LogP contribution is -2.68. The second-order valence-corrected chi connectivity index (χ2v) is 13.2. The number of fused-ring (bicyclic) bond motifs is 10. The molecular formula is C36H35N5O8. The SMILES string of the molecule is CNC(=O)Oc1c(C)c2c(c3c1CC1[C@H]4c5c(cc(C)c(OC)c5O)C[C@@H](C(C#N)N1[C@H]3CN1C(=O)c3ccccc3C1=O)N4C)OCO2. The Labute approximate surface area is 282 Å². The fourth-order valence-electron chi connectivity index (χ4n) is 8.87. The number of nitriles is 1. The average Bonchev–Trinajstić information content (AvgIpc) is 3.67. The Morgan fingerprint density at radius 1 is 1.06 bits per heavy atom. The second kappa shape index (κ2) is 11.1. The van der Waals surface area contributed by atoms with Crippen LogP contribution in [-0.4, -0.2) is 90.4 Å². The van der Waals surface area contributed by atoms with Crippen molar-refractivity contribution in [3.05, 3.63) is 74.8 Å². The van der Waals surface area contributed by atoms with Crippen LogP contribution in [0, 0.1) is 25.2 Å². The van der Waals surface area contributed by atoms with Gasteiger partial charge >= 0.3 is 6.09 Å².